The predicted octanol–water partition coefficient (Wildman–Crippen LogP) is 4.50. The van der Waals surface area contributed by atoms with Gasteiger partial charge in [0.05, 0.1) is 11.2 Å². The minimum absolute atomic E-state index is 0.0945. The normalized spacial score (nSPS) is 10.9. The van der Waals surface area contributed by atoms with Gasteiger partial charge >= 0.3 is 0 Å². The number of aryl methyl sites for hydroxylation is 2. The van der Waals surface area contributed by atoms with Gasteiger partial charge in [0.1, 0.15) is 11.5 Å². The number of nitrogens with one attached hydrogen (secondary N) is 1. The van der Waals surface area contributed by atoms with Gasteiger partial charge in [-0.05, 0) is 49.2 Å². The highest BCUT2D eigenvalue weighted by Crippen LogP contribution is 2.30. The van der Waals surface area contributed by atoms with Crippen LogP contribution in [0.5, 0.6) is 11.5 Å². The summed E-state index contributed by atoms with van der Waals surface area (Å²) >= 11 is 17.7. The van der Waals surface area contributed by atoms with Gasteiger partial charge in [-0.2, -0.15) is 5.10 Å². The Labute approximate surface area is 160 Å². The number of ether oxygens (including phenoxy) is 1. The summed E-state index contributed by atoms with van der Waals surface area (Å²) < 4.78 is 5.41. The summed E-state index contributed by atoms with van der Waals surface area (Å²) in [5.74, 6) is -0.0978. The van der Waals surface area contributed by atoms with Gasteiger partial charge in [-0.3, -0.25) is 4.79 Å². The molecule has 25 heavy (non-hydrogen) atoms. The van der Waals surface area contributed by atoms with Crippen molar-refractivity contribution < 1.29 is 14.6 Å². The minimum Gasteiger partial charge on any atom is -0.506 e. The molecule has 0 unspecified atom stereocenters. The number of benzene rings is 2. The third-order valence-corrected chi connectivity index (χ3v) is 4.33. The Balaban J connectivity index is 1.93. The lowest BCUT2D eigenvalue weighted by atomic mass is 10.1. The Kier molecular flexibility index (Phi) is 6.53. The molecule has 0 bridgehead atoms. The summed E-state index contributed by atoms with van der Waals surface area (Å²) in [6.45, 7) is 3.49. The molecular weight excluding hydrogens is 387 g/mol. The number of rotatable bonds is 5. The summed E-state index contributed by atoms with van der Waals surface area (Å²) in [6, 6.07) is 6.36. The van der Waals surface area contributed by atoms with Gasteiger partial charge in [-0.1, -0.05) is 34.8 Å². The first-order valence-corrected chi connectivity index (χ1v) is 8.30. The van der Waals surface area contributed by atoms with E-state index in [0.717, 1.165) is 11.1 Å². The number of carbonyl (C=O) groups excluding carboxylic acids is 1. The zero-order valence-electron chi connectivity index (χ0n) is 13.4. The maximum absolute atomic E-state index is 11.8. The van der Waals surface area contributed by atoms with Crippen molar-refractivity contribution in [1.29, 1.82) is 0 Å². The van der Waals surface area contributed by atoms with Gasteiger partial charge in [0.2, 0.25) is 0 Å². The molecule has 0 saturated carbocycles. The number of phenols is 1. The van der Waals surface area contributed by atoms with E-state index >= 15 is 0 Å². The number of hydrogen-bond donors (Lipinski definition) is 2. The molecule has 2 aromatic carbocycles. The van der Waals surface area contributed by atoms with Gasteiger partial charge in [0, 0.05) is 15.6 Å². The van der Waals surface area contributed by atoms with E-state index in [2.05, 4.69) is 10.5 Å². The summed E-state index contributed by atoms with van der Waals surface area (Å²) in [7, 11) is 0. The van der Waals surface area contributed by atoms with Crippen LogP contribution in [0, 0.1) is 13.8 Å². The fraction of sp³-hybridized carbons (Fsp3) is 0.176. The van der Waals surface area contributed by atoms with Crippen molar-refractivity contribution in [1.82, 2.24) is 5.43 Å². The smallest absolute Gasteiger partial charge is 0.277 e. The fourth-order valence-electron chi connectivity index (χ4n) is 2.03. The van der Waals surface area contributed by atoms with Crippen LogP contribution in [0.15, 0.2) is 29.4 Å². The fourth-order valence-corrected chi connectivity index (χ4v) is 2.65. The lowest BCUT2D eigenvalue weighted by molar-refractivity contribution is -0.123. The lowest BCUT2D eigenvalue weighted by Gasteiger charge is -2.09. The van der Waals surface area contributed by atoms with E-state index in [4.69, 9.17) is 39.5 Å². The van der Waals surface area contributed by atoms with Crippen molar-refractivity contribution in [3.05, 3.63) is 56.0 Å². The minimum atomic E-state index is -0.464. The van der Waals surface area contributed by atoms with Crippen LogP contribution in [0.25, 0.3) is 0 Å². The molecule has 132 valence electrons. The van der Waals surface area contributed by atoms with Crippen molar-refractivity contribution in [3.63, 3.8) is 0 Å². The Bertz CT molecular complexity index is 815. The number of phenolic OH excluding ortho intramolecular Hbond substituents is 1. The largest absolute Gasteiger partial charge is 0.506 e. The number of halogens is 3. The number of amides is 1. The van der Waals surface area contributed by atoms with E-state index in [0.29, 0.717) is 15.8 Å². The van der Waals surface area contributed by atoms with Crippen LogP contribution in [-0.2, 0) is 4.79 Å². The molecule has 2 aromatic rings. The van der Waals surface area contributed by atoms with Crippen LogP contribution in [0.3, 0.4) is 0 Å². The second-order valence-electron chi connectivity index (χ2n) is 5.28. The molecule has 0 aliphatic rings. The highest BCUT2D eigenvalue weighted by Gasteiger charge is 2.08. The van der Waals surface area contributed by atoms with E-state index in [9.17, 15) is 9.90 Å². The van der Waals surface area contributed by atoms with Gasteiger partial charge in [0.15, 0.2) is 6.61 Å². The molecule has 0 aliphatic heterocycles. The van der Waals surface area contributed by atoms with Crippen molar-refractivity contribution in [3.8, 4) is 11.5 Å². The Hall–Kier alpha value is -1.95. The average molecular weight is 402 g/mol. The van der Waals surface area contributed by atoms with Crippen molar-refractivity contribution >= 4 is 46.9 Å². The monoisotopic (exact) mass is 400 g/mol. The second kappa shape index (κ2) is 8.43. The topological polar surface area (TPSA) is 70.9 Å². The first kappa shape index (κ1) is 19.4. The van der Waals surface area contributed by atoms with Gasteiger partial charge in [-0.25, -0.2) is 5.43 Å². The quantitative estimate of drug-likeness (QED) is 0.572. The third-order valence-electron chi connectivity index (χ3n) is 3.23. The van der Waals surface area contributed by atoms with Crippen molar-refractivity contribution in [2.45, 2.75) is 13.8 Å². The average Bonchev–Trinajstić information content (AvgIpc) is 2.54. The van der Waals surface area contributed by atoms with Gasteiger partial charge in [0.25, 0.3) is 5.91 Å². The zero-order valence-corrected chi connectivity index (χ0v) is 15.7. The SMILES string of the molecule is Cc1cc(OCC(=O)N/N=C\c2cc(Cl)cc(Cl)c2O)cc(C)c1Cl. The molecule has 0 aliphatic carbocycles. The highest BCUT2D eigenvalue weighted by atomic mass is 35.5. The molecule has 0 radical (unpaired) electrons. The highest BCUT2D eigenvalue weighted by molar-refractivity contribution is 6.36. The Morgan fingerprint density at radius 2 is 1.84 bits per heavy atom. The van der Waals surface area contributed by atoms with E-state index in [-0.39, 0.29) is 22.9 Å². The van der Waals surface area contributed by atoms with Crippen LogP contribution in [0.2, 0.25) is 15.1 Å². The molecule has 0 heterocycles. The molecule has 2 N–H and O–H groups in total. The zero-order chi connectivity index (χ0) is 18.6. The first-order valence-electron chi connectivity index (χ1n) is 7.17. The maximum atomic E-state index is 11.8. The molecular formula is C17H15Cl3N2O3. The molecule has 0 spiro atoms. The number of carbonyl (C=O) groups is 1. The summed E-state index contributed by atoms with van der Waals surface area (Å²) in [6.07, 6.45) is 1.24. The Morgan fingerprint density at radius 3 is 2.48 bits per heavy atom. The van der Waals surface area contributed by atoms with E-state index in [1.54, 1.807) is 12.1 Å². The molecule has 1 amide bonds. The van der Waals surface area contributed by atoms with Crippen LogP contribution in [-0.4, -0.2) is 23.8 Å². The first-order chi connectivity index (χ1) is 11.8. The standard InChI is InChI=1S/C17H15Cl3N2O3/c1-9-3-13(4-10(2)16(9)20)25-8-15(23)22-21-7-11-5-12(18)6-14(19)17(11)24/h3-7,24H,8H2,1-2H3,(H,22,23)/b21-7-. The molecule has 0 fully saturated rings. The molecule has 0 aromatic heterocycles. The molecule has 5 nitrogen and oxygen atoms in total. The van der Waals surface area contributed by atoms with Gasteiger partial charge < -0.3 is 9.84 Å². The number of hydrogen-bond acceptors (Lipinski definition) is 4. The molecule has 2 rings (SSSR count). The molecule has 0 atom stereocenters. The summed E-state index contributed by atoms with van der Waals surface area (Å²) in [5.41, 5.74) is 4.30. The lowest BCUT2D eigenvalue weighted by Crippen LogP contribution is -2.24. The van der Waals surface area contributed by atoms with E-state index in [1.807, 2.05) is 13.8 Å². The van der Waals surface area contributed by atoms with Crippen molar-refractivity contribution in [2.24, 2.45) is 5.10 Å². The van der Waals surface area contributed by atoms with Crippen LogP contribution >= 0.6 is 34.8 Å². The second-order valence-corrected chi connectivity index (χ2v) is 6.50. The van der Waals surface area contributed by atoms with E-state index in [1.165, 1.54) is 18.3 Å². The van der Waals surface area contributed by atoms with Crippen molar-refractivity contribution in [2.75, 3.05) is 6.61 Å². The van der Waals surface area contributed by atoms with Crippen LogP contribution in [0.1, 0.15) is 16.7 Å². The third kappa shape index (κ3) is 5.26. The molecule has 0 saturated heterocycles. The van der Waals surface area contributed by atoms with Gasteiger partial charge in [-0.15, -0.1) is 0 Å². The number of nitrogens with zero attached hydrogens (tertiary/aromatic N) is 1. The van der Waals surface area contributed by atoms with E-state index < -0.39 is 5.91 Å². The summed E-state index contributed by atoms with van der Waals surface area (Å²) in [4.78, 5) is 11.8. The number of hydrazone groups is 1. The Morgan fingerprint density at radius 1 is 1.20 bits per heavy atom. The van der Waals surface area contributed by atoms with Crippen LogP contribution < -0.4 is 10.2 Å². The van der Waals surface area contributed by atoms with Crippen LogP contribution in [0.4, 0.5) is 0 Å². The predicted molar refractivity (Wildman–Crippen MR) is 100 cm³/mol. The summed E-state index contributed by atoms with van der Waals surface area (Å²) in [5, 5.41) is 14.6. The molecule has 8 heteroatoms. The number of aromatic hydroxyl groups is 1. The maximum Gasteiger partial charge on any atom is 0.277 e.